The number of amides is 1. The molecule has 2 aromatic heterocycles. The Hall–Kier alpha value is -2.51. The maximum Gasteiger partial charge on any atom is 0.269 e. The molecule has 2 aromatic rings. The molecule has 3 rings (SSSR count). The highest BCUT2D eigenvalue weighted by molar-refractivity contribution is 7.13. The summed E-state index contributed by atoms with van der Waals surface area (Å²) in [6.07, 6.45) is 3.40. The molecular formula is C21H25N4O3S2+. The third-order valence-corrected chi connectivity index (χ3v) is 6.85. The van der Waals surface area contributed by atoms with Crippen LogP contribution in [0, 0.1) is 18.3 Å². The van der Waals surface area contributed by atoms with Crippen LogP contribution in [0.3, 0.4) is 0 Å². The van der Waals surface area contributed by atoms with Crippen LogP contribution in [-0.4, -0.2) is 49.9 Å². The normalized spacial score (nSPS) is 16.2. The van der Waals surface area contributed by atoms with Gasteiger partial charge in [0, 0.05) is 16.3 Å². The predicted molar refractivity (Wildman–Crippen MR) is 119 cm³/mol. The lowest BCUT2D eigenvalue weighted by Gasteiger charge is -2.23. The molecule has 0 spiro atoms. The van der Waals surface area contributed by atoms with Crippen LogP contribution in [-0.2, 0) is 16.1 Å². The number of morpholine rings is 1. The summed E-state index contributed by atoms with van der Waals surface area (Å²) < 4.78 is 7.63. The van der Waals surface area contributed by atoms with Gasteiger partial charge in [0.25, 0.3) is 11.5 Å². The summed E-state index contributed by atoms with van der Waals surface area (Å²) in [4.78, 5) is 29.1. The van der Waals surface area contributed by atoms with Gasteiger partial charge >= 0.3 is 0 Å². The van der Waals surface area contributed by atoms with E-state index in [1.54, 1.807) is 17.4 Å². The molecule has 1 aliphatic rings. The van der Waals surface area contributed by atoms with Gasteiger partial charge in [-0.15, -0.1) is 29.3 Å². The van der Waals surface area contributed by atoms with Crippen molar-refractivity contribution in [2.45, 2.75) is 13.5 Å². The van der Waals surface area contributed by atoms with Crippen LogP contribution < -0.4 is 25.0 Å². The number of thiophene rings is 1. The third kappa shape index (κ3) is 5.34. The van der Waals surface area contributed by atoms with Gasteiger partial charge in [-0.25, -0.2) is 0 Å². The zero-order valence-electron chi connectivity index (χ0n) is 16.9. The zero-order chi connectivity index (χ0) is 21.5. The van der Waals surface area contributed by atoms with Gasteiger partial charge in [-0.2, -0.15) is 5.26 Å². The zero-order valence-corrected chi connectivity index (χ0v) is 18.5. The molecule has 0 aromatic carbocycles. The lowest BCUT2D eigenvalue weighted by molar-refractivity contribution is -0.906. The number of ether oxygens (including phenoxy) is 1. The number of rotatable bonds is 7. The Balaban J connectivity index is 1.90. The first-order chi connectivity index (χ1) is 14.5. The number of aryl methyl sites for hydroxylation is 1. The molecule has 0 atom stereocenters. The maximum atomic E-state index is 12.9. The van der Waals surface area contributed by atoms with Gasteiger partial charge in [-0.1, -0.05) is 6.08 Å². The monoisotopic (exact) mass is 445 g/mol. The van der Waals surface area contributed by atoms with Crippen molar-refractivity contribution < 1.29 is 14.4 Å². The minimum atomic E-state index is -0.456. The van der Waals surface area contributed by atoms with Crippen molar-refractivity contribution in [3.05, 3.63) is 54.1 Å². The highest BCUT2D eigenvalue weighted by atomic mass is 32.1. The summed E-state index contributed by atoms with van der Waals surface area (Å²) in [7, 11) is 0. The van der Waals surface area contributed by atoms with Gasteiger partial charge in [0.15, 0.2) is 5.57 Å². The number of nitrogens with one attached hydrogen (secondary N) is 2. The Kier molecular flexibility index (Phi) is 7.76. The van der Waals surface area contributed by atoms with Crippen LogP contribution in [0.4, 0.5) is 0 Å². The Morgan fingerprint density at radius 2 is 2.17 bits per heavy atom. The highest BCUT2D eigenvalue weighted by Gasteiger charge is 2.17. The molecule has 9 heteroatoms. The van der Waals surface area contributed by atoms with Crippen LogP contribution in [0.2, 0.25) is 0 Å². The van der Waals surface area contributed by atoms with Crippen LogP contribution in [0.15, 0.2) is 29.6 Å². The topological polar surface area (TPSA) is 88.6 Å². The van der Waals surface area contributed by atoms with Crippen LogP contribution in [0.5, 0.6) is 0 Å². The fourth-order valence-electron chi connectivity index (χ4n) is 3.21. The quantitative estimate of drug-likeness (QED) is 0.535. The van der Waals surface area contributed by atoms with Gasteiger partial charge in [-0.05, 0) is 25.1 Å². The van der Waals surface area contributed by atoms with Crippen molar-refractivity contribution in [2.75, 3.05) is 39.4 Å². The second-order valence-corrected chi connectivity index (χ2v) is 9.27. The maximum absolute atomic E-state index is 12.9. The van der Waals surface area contributed by atoms with Gasteiger partial charge < -0.3 is 15.0 Å². The number of hydrogen-bond donors (Lipinski definition) is 2. The SMILES string of the molecule is C=CCn1c(=O)/c(=C/c2ccc(C)s2)s/c1=C(/C#N)C(=O)NCC[NH+]1CCOCC1. The summed E-state index contributed by atoms with van der Waals surface area (Å²) in [5.41, 5.74) is -0.266. The first-order valence-electron chi connectivity index (χ1n) is 9.76. The van der Waals surface area contributed by atoms with Gasteiger partial charge in [-0.3, -0.25) is 14.2 Å². The molecule has 0 bridgehead atoms. The molecule has 3 heterocycles. The van der Waals surface area contributed by atoms with Crippen molar-refractivity contribution in [1.82, 2.24) is 9.88 Å². The summed E-state index contributed by atoms with van der Waals surface area (Å²) in [6.45, 7) is 10.4. The second-order valence-electron chi connectivity index (χ2n) is 6.92. The Morgan fingerprint density at radius 3 is 2.80 bits per heavy atom. The molecule has 1 saturated heterocycles. The molecule has 0 radical (unpaired) electrons. The van der Waals surface area contributed by atoms with E-state index in [0.29, 0.717) is 15.7 Å². The van der Waals surface area contributed by atoms with E-state index in [4.69, 9.17) is 4.74 Å². The van der Waals surface area contributed by atoms with E-state index in [9.17, 15) is 14.9 Å². The smallest absolute Gasteiger partial charge is 0.269 e. The summed E-state index contributed by atoms with van der Waals surface area (Å²) in [5, 5.41) is 12.5. The Morgan fingerprint density at radius 1 is 1.40 bits per heavy atom. The van der Waals surface area contributed by atoms with Gasteiger partial charge in [0.2, 0.25) is 0 Å². The van der Waals surface area contributed by atoms with Crippen molar-refractivity contribution in [2.24, 2.45) is 0 Å². The number of nitrogens with zero attached hydrogens (tertiary/aromatic N) is 2. The number of quaternary nitrogens is 1. The first-order valence-corrected chi connectivity index (χ1v) is 11.4. The average Bonchev–Trinajstić information content (AvgIpc) is 3.28. The summed E-state index contributed by atoms with van der Waals surface area (Å²) in [5.74, 6) is -0.456. The number of aromatic nitrogens is 1. The lowest BCUT2D eigenvalue weighted by Crippen LogP contribution is -3.14. The molecule has 30 heavy (non-hydrogen) atoms. The van der Waals surface area contributed by atoms with E-state index in [1.165, 1.54) is 9.47 Å². The molecular weight excluding hydrogens is 420 g/mol. The van der Waals surface area contributed by atoms with E-state index in [-0.39, 0.29) is 17.7 Å². The highest BCUT2D eigenvalue weighted by Crippen LogP contribution is 2.15. The van der Waals surface area contributed by atoms with Crippen LogP contribution in [0.25, 0.3) is 11.6 Å². The van der Waals surface area contributed by atoms with Gasteiger partial charge in [0.1, 0.15) is 23.8 Å². The molecule has 7 nitrogen and oxygen atoms in total. The third-order valence-electron chi connectivity index (χ3n) is 4.77. The number of carbonyl (C=O) groups is 1. The fraction of sp³-hybridized carbons (Fsp3) is 0.381. The largest absolute Gasteiger partial charge is 0.370 e. The van der Waals surface area contributed by atoms with E-state index >= 15 is 0 Å². The molecule has 1 fully saturated rings. The van der Waals surface area contributed by atoms with Crippen LogP contribution >= 0.6 is 22.7 Å². The number of hydrogen-bond acceptors (Lipinski definition) is 6. The van der Waals surface area contributed by atoms with E-state index in [1.807, 2.05) is 31.2 Å². The van der Waals surface area contributed by atoms with Crippen LogP contribution in [0.1, 0.15) is 9.75 Å². The number of nitriles is 1. The lowest BCUT2D eigenvalue weighted by atomic mass is 10.3. The van der Waals surface area contributed by atoms with E-state index < -0.39 is 5.91 Å². The minimum Gasteiger partial charge on any atom is -0.370 e. The Bertz CT molecular complexity index is 1130. The van der Waals surface area contributed by atoms with E-state index in [2.05, 4.69) is 11.9 Å². The van der Waals surface area contributed by atoms with Gasteiger partial charge in [0.05, 0.1) is 30.8 Å². The molecule has 0 aliphatic carbocycles. The van der Waals surface area contributed by atoms with E-state index in [0.717, 1.165) is 53.9 Å². The Labute approximate surface area is 182 Å². The average molecular weight is 446 g/mol. The molecule has 0 unspecified atom stereocenters. The van der Waals surface area contributed by atoms with Crippen molar-refractivity contribution in [1.29, 1.82) is 5.26 Å². The predicted octanol–water partition coefficient (Wildman–Crippen LogP) is -1.000. The molecule has 158 valence electrons. The number of carbonyl (C=O) groups excluding carboxylic acids is 1. The van der Waals surface area contributed by atoms with Crippen molar-refractivity contribution in [3.8, 4) is 6.07 Å². The first kappa shape index (κ1) is 22.2. The molecule has 1 amide bonds. The number of thiazole rings is 1. The molecule has 1 aliphatic heterocycles. The molecule has 2 N–H and O–H groups in total. The standard InChI is InChI=1S/C21H24N4O3S2/c1-3-7-25-20(27)18(13-16-5-4-15(2)29-16)30-21(25)17(14-22)19(26)23-6-8-24-9-11-28-12-10-24/h3-5,13H,1,6-12H2,2H3,(H,23,26)/p+1/b18-13-,21-17-. The second kappa shape index (κ2) is 10.5. The molecule has 0 saturated carbocycles. The van der Waals surface area contributed by atoms with Crippen molar-refractivity contribution in [3.63, 3.8) is 0 Å². The summed E-state index contributed by atoms with van der Waals surface area (Å²) in [6, 6.07) is 5.94. The summed E-state index contributed by atoms with van der Waals surface area (Å²) >= 11 is 2.75. The number of allylic oxidation sites excluding steroid dienone is 1. The fourth-order valence-corrected chi connectivity index (χ4v) is 5.20. The van der Waals surface area contributed by atoms with Crippen molar-refractivity contribution >= 4 is 40.2 Å². The minimum absolute atomic E-state index is 0.0436.